The van der Waals surface area contributed by atoms with Crippen LogP contribution in [0.2, 0.25) is 0 Å². The van der Waals surface area contributed by atoms with Gasteiger partial charge in [-0.25, -0.2) is 4.57 Å². The lowest BCUT2D eigenvalue weighted by molar-refractivity contribution is -0.161. The van der Waals surface area contributed by atoms with Crippen molar-refractivity contribution in [3.63, 3.8) is 0 Å². The molecule has 0 heterocycles. The number of ether oxygens (including phenoxy) is 2. The summed E-state index contributed by atoms with van der Waals surface area (Å²) in [6, 6.07) is 0. The van der Waals surface area contributed by atoms with Crippen LogP contribution < -0.4 is 0 Å². The first kappa shape index (κ1) is 46.4. The first-order valence-electron chi connectivity index (χ1n) is 18.5. The number of hydrogen-bond donors (Lipinski definition) is 2. The highest BCUT2D eigenvalue weighted by molar-refractivity contribution is 7.46. The number of allylic oxidation sites excluding steroid dienone is 10. The Morgan fingerprint density at radius 3 is 1.78 bits per heavy atom. The fourth-order valence-electron chi connectivity index (χ4n) is 4.65. The molecular weight excluding hydrogens is 643 g/mol. The molecule has 0 aliphatic carbocycles. The minimum Gasteiger partial charge on any atom is -0.462 e. The number of rotatable bonds is 33. The molecule has 9 nitrogen and oxygen atoms in total. The van der Waals surface area contributed by atoms with Gasteiger partial charge in [-0.3, -0.25) is 18.9 Å². The van der Waals surface area contributed by atoms with Crippen LogP contribution in [0.5, 0.6) is 0 Å². The van der Waals surface area contributed by atoms with Crippen molar-refractivity contribution in [1.82, 2.24) is 0 Å². The highest BCUT2D eigenvalue weighted by Crippen LogP contribution is 2.35. The Labute approximate surface area is 296 Å². The Kier molecular flexibility index (Phi) is 32.1. The maximum Gasteiger partial charge on any atom is 0.469 e. The van der Waals surface area contributed by atoms with E-state index in [0.717, 1.165) is 83.5 Å². The summed E-state index contributed by atoms with van der Waals surface area (Å²) in [6.45, 7) is 3.42. The molecular formula is C39H65O9P. The van der Waals surface area contributed by atoms with E-state index in [0.29, 0.717) is 19.3 Å². The first-order chi connectivity index (χ1) is 23.7. The van der Waals surface area contributed by atoms with E-state index in [4.69, 9.17) is 19.3 Å². The molecule has 0 saturated carbocycles. The van der Waals surface area contributed by atoms with E-state index in [1.165, 1.54) is 19.3 Å². The molecule has 0 amide bonds. The molecule has 1 atom stereocenters. The van der Waals surface area contributed by atoms with Gasteiger partial charge in [-0.05, 0) is 76.7 Å². The number of phosphoric acid groups is 1. The van der Waals surface area contributed by atoms with Gasteiger partial charge in [0.05, 0.1) is 6.61 Å². The van der Waals surface area contributed by atoms with Gasteiger partial charge in [0.25, 0.3) is 0 Å². The van der Waals surface area contributed by atoms with Crippen LogP contribution in [0.15, 0.2) is 60.8 Å². The summed E-state index contributed by atoms with van der Waals surface area (Å²) in [4.78, 5) is 54.3. The normalized spacial score (nSPS) is 13.1. The zero-order valence-electron chi connectivity index (χ0n) is 30.3. The Bertz CT molecular complexity index is 1040. The maximum atomic E-state index is 12.3. The predicted molar refractivity (Wildman–Crippen MR) is 198 cm³/mol. The van der Waals surface area contributed by atoms with Crippen LogP contribution in [-0.4, -0.2) is 46.8 Å². The fourth-order valence-corrected chi connectivity index (χ4v) is 5.01. The molecule has 0 aliphatic rings. The van der Waals surface area contributed by atoms with Crippen LogP contribution in [0.4, 0.5) is 0 Å². The lowest BCUT2D eigenvalue weighted by Gasteiger charge is -2.18. The minimum absolute atomic E-state index is 0.150. The van der Waals surface area contributed by atoms with Crippen molar-refractivity contribution >= 4 is 25.5 Å². The Morgan fingerprint density at radius 1 is 0.592 bits per heavy atom. The third-order valence-corrected chi connectivity index (χ3v) is 7.97. The van der Waals surface area contributed by atoms with E-state index in [1.54, 1.807) is 12.2 Å². The van der Waals surface area contributed by atoms with Gasteiger partial charge in [-0.1, -0.05) is 113 Å². The van der Waals surface area contributed by atoms with Crippen molar-refractivity contribution in [2.75, 3.05) is 13.2 Å². The van der Waals surface area contributed by atoms with E-state index in [9.17, 15) is 18.9 Å². The molecule has 0 saturated heterocycles. The number of unbranched alkanes of at least 4 members (excludes halogenated alkanes) is 12. The molecule has 0 aromatic rings. The van der Waals surface area contributed by atoms with Crippen LogP contribution in [0.3, 0.4) is 0 Å². The SMILES string of the molecule is CCCCC/C=C\C/C=C\C/C=C\CCCCC(=O)OC[C@H](COP(=O)(O)O)OC(=O)CCCCCCC/C=C\C=C\C(=O)CCCCC. The molecule has 10 heteroatoms. The molecule has 0 rings (SSSR count). The van der Waals surface area contributed by atoms with Gasteiger partial charge in [0, 0.05) is 19.3 Å². The van der Waals surface area contributed by atoms with Crippen molar-refractivity contribution in [1.29, 1.82) is 0 Å². The second-order valence-electron chi connectivity index (χ2n) is 12.2. The lowest BCUT2D eigenvalue weighted by atomic mass is 10.1. The quantitative estimate of drug-likeness (QED) is 0.0170. The van der Waals surface area contributed by atoms with Crippen molar-refractivity contribution in [3.05, 3.63) is 60.8 Å². The number of esters is 2. The van der Waals surface area contributed by atoms with Gasteiger partial charge in [-0.2, -0.15) is 0 Å². The second-order valence-corrected chi connectivity index (χ2v) is 13.5. The summed E-state index contributed by atoms with van der Waals surface area (Å²) >= 11 is 0. The largest absolute Gasteiger partial charge is 0.469 e. The minimum atomic E-state index is -4.78. The van der Waals surface area contributed by atoms with E-state index in [2.05, 4.69) is 54.8 Å². The Hall–Kier alpha value is -2.58. The molecule has 0 aromatic carbocycles. The monoisotopic (exact) mass is 708 g/mol. The predicted octanol–water partition coefficient (Wildman–Crippen LogP) is 10.1. The van der Waals surface area contributed by atoms with E-state index in [1.807, 2.05) is 12.2 Å². The summed E-state index contributed by atoms with van der Waals surface area (Å²) in [5.41, 5.74) is 0. The first-order valence-corrected chi connectivity index (χ1v) is 20.1. The van der Waals surface area contributed by atoms with Gasteiger partial charge < -0.3 is 19.3 Å². The standard InChI is InChI=1S/C39H65O9P/c1-3-5-7-8-9-10-11-12-13-14-15-18-21-24-28-32-38(41)46-34-37(35-47-49(43,44)45)48-39(42)33-29-25-22-19-16-17-20-23-27-31-36(40)30-26-6-4-2/h9-10,12-13,15,18,20,23,27,31,37H,3-8,11,14,16-17,19,21-22,24-26,28-30,32-35H2,1-2H3,(H2,43,44,45)/b10-9-,13-12-,18-15-,23-20-,31-27+/t37-/m1/s1. The maximum absolute atomic E-state index is 12.3. The Morgan fingerprint density at radius 2 is 1.10 bits per heavy atom. The third-order valence-electron chi connectivity index (χ3n) is 7.49. The topological polar surface area (TPSA) is 136 Å². The van der Waals surface area contributed by atoms with Crippen molar-refractivity contribution in [2.45, 2.75) is 155 Å². The molecule has 2 N–H and O–H groups in total. The number of hydrogen-bond acceptors (Lipinski definition) is 7. The van der Waals surface area contributed by atoms with Gasteiger partial charge in [0.15, 0.2) is 11.9 Å². The Balaban J connectivity index is 4.14. The molecule has 0 fully saturated rings. The molecule has 0 aromatic heterocycles. The average molecular weight is 709 g/mol. The van der Waals surface area contributed by atoms with Crippen LogP contribution >= 0.6 is 7.82 Å². The molecule has 0 unspecified atom stereocenters. The molecule has 0 bridgehead atoms. The smallest absolute Gasteiger partial charge is 0.462 e. The summed E-state index contributed by atoms with van der Waals surface area (Å²) in [5.74, 6) is -0.831. The van der Waals surface area contributed by atoms with Crippen molar-refractivity contribution in [3.8, 4) is 0 Å². The average Bonchev–Trinajstić information content (AvgIpc) is 3.06. The van der Waals surface area contributed by atoms with Gasteiger partial charge in [0.1, 0.15) is 6.61 Å². The van der Waals surface area contributed by atoms with Crippen LogP contribution in [0, 0.1) is 0 Å². The summed E-state index contributed by atoms with van der Waals surface area (Å²) in [7, 11) is -4.78. The molecule has 0 aliphatic heterocycles. The van der Waals surface area contributed by atoms with Crippen LogP contribution in [0.1, 0.15) is 149 Å². The number of carbonyl (C=O) groups is 3. The zero-order chi connectivity index (χ0) is 36.3. The van der Waals surface area contributed by atoms with Crippen molar-refractivity contribution in [2.24, 2.45) is 0 Å². The number of phosphoric ester groups is 1. The van der Waals surface area contributed by atoms with E-state index in [-0.39, 0.29) is 25.2 Å². The fraction of sp³-hybridized carbons (Fsp3) is 0.667. The highest BCUT2D eigenvalue weighted by atomic mass is 31.2. The van der Waals surface area contributed by atoms with E-state index >= 15 is 0 Å². The summed E-state index contributed by atoms with van der Waals surface area (Å²) in [6.07, 6.45) is 37.8. The molecule has 49 heavy (non-hydrogen) atoms. The molecule has 0 spiro atoms. The summed E-state index contributed by atoms with van der Waals surface area (Å²) < 4.78 is 26.2. The van der Waals surface area contributed by atoms with Gasteiger partial charge in [0.2, 0.25) is 0 Å². The zero-order valence-corrected chi connectivity index (χ0v) is 31.2. The second kappa shape index (κ2) is 33.9. The van der Waals surface area contributed by atoms with Gasteiger partial charge >= 0.3 is 19.8 Å². The number of carbonyl (C=O) groups excluding carboxylic acids is 3. The summed E-state index contributed by atoms with van der Waals surface area (Å²) in [5, 5.41) is 0. The van der Waals surface area contributed by atoms with E-state index < -0.39 is 32.5 Å². The van der Waals surface area contributed by atoms with Crippen LogP contribution in [0.25, 0.3) is 0 Å². The van der Waals surface area contributed by atoms with Crippen molar-refractivity contribution < 1.29 is 42.7 Å². The van der Waals surface area contributed by atoms with Gasteiger partial charge in [-0.15, -0.1) is 0 Å². The molecule has 280 valence electrons. The lowest BCUT2D eigenvalue weighted by Crippen LogP contribution is -2.29. The molecule has 0 radical (unpaired) electrons. The third kappa shape index (κ3) is 36.5. The number of ketones is 1. The van der Waals surface area contributed by atoms with Crippen LogP contribution in [-0.2, 0) is 32.9 Å². The highest BCUT2D eigenvalue weighted by Gasteiger charge is 2.22.